The fourth-order valence-electron chi connectivity index (χ4n) is 3.43. The topological polar surface area (TPSA) is 93.0 Å². The SMILES string of the molecule is CC(=O)Nc1cccc(-n2nnnc2SC(C(=O)N2CCCC2)c2ccccc2)c1. The molecule has 1 aromatic heterocycles. The summed E-state index contributed by atoms with van der Waals surface area (Å²) in [5.41, 5.74) is 2.27. The van der Waals surface area contributed by atoms with E-state index in [-0.39, 0.29) is 11.8 Å². The summed E-state index contributed by atoms with van der Waals surface area (Å²) >= 11 is 1.33. The van der Waals surface area contributed by atoms with Gasteiger partial charge in [-0.2, -0.15) is 4.68 Å². The zero-order valence-electron chi connectivity index (χ0n) is 16.6. The van der Waals surface area contributed by atoms with Crippen molar-refractivity contribution in [2.75, 3.05) is 18.4 Å². The second kappa shape index (κ2) is 9.08. The lowest BCUT2D eigenvalue weighted by atomic mass is 10.1. The van der Waals surface area contributed by atoms with Gasteiger partial charge >= 0.3 is 0 Å². The summed E-state index contributed by atoms with van der Waals surface area (Å²) < 4.78 is 1.59. The van der Waals surface area contributed by atoms with Crippen LogP contribution in [0.25, 0.3) is 5.69 Å². The predicted octanol–water partition coefficient (Wildman–Crippen LogP) is 3.08. The molecule has 0 spiro atoms. The highest BCUT2D eigenvalue weighted by Crippen LogP contribution is 2.37. The van der Waals surface area contributed by atoms with Crippen LogP contribution in [0.5, 0.6) is 0 Å². The zero-order chi connectivity index (χ0) is 20.9. The van der Waals surface area contributed by atoms with Crippen LogP contribution in [-0.2, 0) is 9.59 Å². The summed E-state index contributed by atoms with van der Waals surface area (Å²) in [6, 6.07) is 17.0. The molecular weight excluding hydrogens is 400 g/mol. The average molecular weight is 423 g/mol. The van der Waals surface area contributed by atoms with Gasteiger partial charge < -0.3 is 10.2 Å². The van der Waals surface area contributed by atoms with Crippen LogP contribution in [-0.4, -0.2) is 50.0 Å². The molecule has 1 saturated heterocycles. The van der Waals surface area contributed by atoms with E-state index in [0.717, 1.165) is 31.5 Å². The quantitative estimate of drug-likeness (QED) is 0.614. The van der Waals surface area contributed by atoms with Crippen molar-refractivity contribution in [1.29, 1.82) is 0 Å². The molecule has 0 bridgehead atoms. The number of thioether (sulfide) groups is 1. The van der Waals surface area contributed by atoms with Crippen molar-refractivity contribution in [1.82, 2.24) is 25.1 Å². The van der Waals surface area contributed by atoms with Crippen LogP contribution < -0.4 is 5.32 Å². The van der Waals surface area contributed by atoms with Crippen molar-refractivity contribution >= 4 is 29.3 Å². The van der Waals surface area contributed by atoms with Gasteiger partial charge in [0.05, 0.1) is 5.69 Å². The normalized spacial score (nSPS) is 14.5. The number of nitrogens with zero attached hydrogens (tertiary/aromatic N) is 5. The highest BCUT2D eigenvalue weighted by atomic mass is 32.2. The molecule has 1 aliphatic heterocycles. The number of nitrogens with one attached hydrogen (secondary N) is 1. The van der Waals surface area contributed by atoms with E-state index in [0.29, 0.717) is 16.5 Å². The third-order valence-corrected chi connectivity index (χ3v) is 5.99. The number of hydrogen-bond donors (Lipinski definition) is 1. The van der Waals surface area contributed by atoms with Crippen molar-refractivity contribution in [3.05, 3.63) is 60.2 Å². The van der Waals surface area contributed by atoms with E-state index in [1.165, 1.54) is 18.7 Å². The van der Waals surface area contributed by atoms with E-state index >= 15 is 0 Å². The van der Waals surface area contributed by atoms with Gasteiger partial charge in [0, 0.05) is 25.7 Å². The second-order valence-electron chi connectivity index (χ2n) is 7.05. The number of anilines is 1. The predicted molar refractivity (Wildman–Crippen MR) is 114 cm³/mol. The third kappa shape index (κ3) is 4.51. The number of tetrazole rings is 1. The van der Waals surface area contributed by atoms with Gasteiger partial charge in [0.15, 0.2) is 0 Å². The molecule has 0 saturated carbocycles. The maximum atomic E-state index is 13.3. The molecule has 2 heterocycles. The molecule has 1 atom stereocenters. The van der Waals surface area contributed by atoms with Gasteiger partial charge in [-0.3, -0.25) is 9.59 Å². The molecule has 1 N–H and O–H groups in total. The molecule has 1 fully saturated rings. The molecule has 1 aliphatic rings. The molecule has 0 aliphatic carbocycles. The van der Waals surface area contributed by atoms with E-state index in [1.54, 1.807) is 16.8 Å². The average Bonchev–Trinajstić information content (AvgIpc) is 3.44. The number of likely N-dealkylation sites (tertiary alicyclic amines) is 1. The Morgan fingerprint density at radius 3 is 2.57 bits per heavy atom. The van der Waals surface area contributed by atoms with Crippen molar-refractivity contribution in [3.8, 4) is 5.69 Å². The minimum absolute atomic E-state index is 0.0743. The minimum atomic E-state index is -0.437. The molecule has 0 radical (unpaired) electrons. The Morgan fingerprint density at radius 1 is 1.07 bits per heavy atom. The lowest BCUT2D eigenvalue weighted by molar-refractivity contribution is -0.129. The summed E-state index contributed by atoms with van der Waals surface area (Å²) in [4.78, 5) is 26.6. The van der Waals surface area contributed by atoms with Crippen LogP contribution in [0, 0.1) is 0 Å². The Hall–Kier alpha value is -3.20. The van der Waals surface area contributed by atoms with E-state index in [9.17, 15) is 9.59 Å². The molecule has 2 amide bonds. The largest absolute Gasteiger partial charge is 0.341 e. The Bertz CT molecular complexity index is 1030. The Kier molecular flexibility index (Phi) is 6.08. The lowest BCUT2D eigenvalue weighted by Crippen LogP contribution is -2.31. The van der Waals surface area contributed by atoms with E-state index in [1.807, 2.05) is 47.4 Å². The summed E-state index contributed by atoms with van der Waals surface area (Å²) in [5, 5.41) is 14.9. The summed E-state index contributed by atoms with van der Waals surface area (Å²) in [5.74, 6) is -0.0796. The molecule has 154 valence electrons. The number of benzene rings is 2. The van der Waals surface area contributed by atoms with Crippen molar-refractivity contribution < 1.29 is 9.59 Å². The van der Waals surface area contributed by atoms with Crippen molar-refractivity contribution in [2.45, 2.75) is 30.2 Å². The number of amides is 2. The summed E-state index contributed by atoms with van der Waals surface area (Å²) in [6.07, 6.45) is 2.07. The number of aromatic nitrogens is 4. The molecule has 4 rings (SSSR count). The van der Waals surface area contributed by atoms with E-state index in [2.05, 4.69) is 20.8 Å². The van der Waals surface area contributed by atoms with Gasteiger partial charge in [-0.25, -0.2) is 0 Å². The van der Waals surface area contributed by atoms with E-state index < -0.39 is 5.25 Å². The highest BCUT2D eigenvalue weighted by molar-refractivity contribution is 8.00. The molecule has 8 nitrogen and oxygen atoms in total. The van der Waals surface area contributed by atoms with Crippen molar-refractivity contribution in [3.63, 3.8) is 0 Å². The van der Waals surface area contributed by atoms with Crippen LogP contribution in [0.4, 0.5) is 5.69 Å². The van der Waals surface area contributed by atoms with Gasteiger partial charge in [0.25, 0.3) is 0 Å². The van der Waals surface area contributed by atoms with Gasteiger partial charge in [0.1, 0.15) is 5.25 Å². The number of rotatable bonds is 6. The highest BCUT2D eigenvalue weighted by Gasteiger charge is 2.30. The van der Waals surface area contributed by atoms with Gasteiger partial charge in [0.2, 0.25) is 17.0 Å². The molecule has 3 aromatic rings. The van der Waals surface area contributed by atoms with Gasteiger partial charge in [-0.15, -0.1) is 5.10 Å². The molecule has 2 aromatic carbocycles. The standard InChI is InChI=1S/C21H22N6O2S/c1-15(28)22-17-10-7-11-18(14-17)27-21(23-24-25-27)30-19(16-8-3-2-4-9-16)20(29)26-12-5-6-13-26/h2-4,7-11,14,19H,5-6,12-13H2,1H3,(H,22,28). The lowest BCUT2D eigenvalue weighted by Gasteiger charge is -2.22. The fraction of sp³-hybridized carbons (Fsp3) is 0.286. The van der Waals surface area contributed by atoms with Gasteiger partial charge in [-0.1, -0.05) is 48.2 Å². The van der Waals surface area contributed by atoms with Gasteiger partial charge in [-0.05, 0) is 47.0 Å². The zero-order valence-corrected chi connectivity index (χ0v) is 17.4. The molecule has 30 heavy (non-hydrogen) atoms. The van der Waals surface area contributed by atoms with Crippen LogP contribution in [0.15, 0.2) is 59.8 Å². The monoisotopic (exact) mass is 422 g/mol. The Morgan fingerprint density at radius 2 is 1.83 bits per heavy atom. The summed E-state index contributed by atoms with van der Waals surface area (Å²) in [7, 11) is 0. The van der Waals surface area contributed by atoms with Crippen LogP contribution in [0.2, 0.25) is 0 Å². The van der Waals surface area contributed by atoms with Crippen LogP contribution >= 0.6 is 11.8 Å². The maximum absolute atomic E-state index is 13.3. The first-order chi connectivity index (χ1) is 14.6. The van der Waals surface area contributed by atoms with Crippen LogP contribution in [0.3, 0.4) is 0 Å². The first-order valence-corrected chi connectivity index (χ1v) is 10.7. The third-order valence-electron chi connectivity index (χ3n) is 4.82. The Labute approximate surface area is 178 Å². The fourth-order valence-corrected chi connectivity index (χ4v) is 4.51. The molecule has 9 heteroatoms. The first kappa shape index (κ1) is 20.1. The smallest absolute Gasteiger partial charge is 0.240 e. The first-order valence-electron chi connectivity index (χ1n) is 9.78. The maximum Gasteiger partial charge on any atom is 0.240 e. The van der Waals surface area contributed by atoms with Crippen LogP contribution in [0.1, 0.15) is 30.6 Å². The molecule has 1 unspecified atom stereocenters. The van der Waals surface area contributed by atoms with E-state index in [4.69, 9.17) is 0 Å². The number of hydrogen-bond acceptors (Lipinski definition) is 6. The molecular formula is C21H22N6O2S. The van der Waals surface area contributed by atoms with Crippen molar-refractivity contribution in [2.24, 2.45) is 0 Å². The number of carbonyl (C=O) groups is 2. The Balaban J connectivity index is 1.64. The second-order valence-corrected chi connectivity index (χ2v) is 8.12. The summed E-state index contributed by atoms with van der Waals surface area (Å²) in [6.45, 7) is 3.03. The minimum Gasteiger partial charge on any atom is -0.341 e. The number of carbonyl (C=O) groups excluding carboxylic acids is 2.